The average molecular weight is 453 g/mol. The van der Waals surface area contributed by atoms with Crippen molar-refractivity contribution in [2.45, 2.75) is 32.3 Å². The van der Waals surface area contributed by atoms with Crippen molar-refractivity contribution in [2.24, 2.45) is 5.92 Å². The van der Waals surface area contributed by atoms with Gasteiger partial charge in [-0.05, 0) is 43.3 Å². The first-order chi connectivity index (χ1) is 16.2. The zero-order valence-electron chi connectivity index (χ0n) is 19.1. The number of piperidine rings is 1. The van der Waals surface area contributed by atoms with Crippen LogP contribution in [0.3, 0.4) is 0 Å². The Kier molecular flexibility index (Phi) is 7.91. The molecule has 2 fully saturated rings. The molecular formula is C25H32N4O4. The Morgan fingerprint density at radius 1 is 1.12 bits per heavy atom. The smallest absolute Gasteiger partial charge is 0.237 e. The van der Waals surface area contributed by atoms with Crippen LogP contribution in [0, 0.1) is 5.92 Å². The molecule has 8 nitrogen and oxygen atoms in total. The van der Waals surface area contributed by atoms with Crippen molar-refractivity contribution < 1.29 is 19.1 Å². The molecule has 0 bridgehead atoms. The van der Waals surface area contributed by atoms with E-state index in [1.165, 1.54) is 0 Å². The molecule has 1 aromatic carbocycles. The summed E-state index contributed by atoms with van der Waals surface area (Å²) in [4.78, 5) is 33.1. The van der Waals surface area contributed by atoms with Crippen LogP contribution in [0.4, 0.5) is 11.4 Å². The molecule has 0 aliphatic carbocycles. The van der Waals surface area contributed by atoms with Gasteiger partial charge >= 0.3 is 0 Å². The first-order valence-electron chi connectivity index (χ1n) is 11.7. The molecule has 8 heteroatoms. The van der Waals surface area contributed by atoms with E-state index in [1.54, 1.807) is 17.3 Å². The molecule has 1 aromatic heterocycles. The minimum Gasteiger partial charge on any atom is -0.490 e. The highest BCUT2D eigenvalue weighted by Crippen LogP contribution is 2.30. The number of rotatable bonds is 9. The lowest BCUT2D eigenvalue weighted by atomic mass is 10.0. The number of anilines is 2. The van der Waals surface area contributed by atoms with Gasteiger partial charge in [0.1, 0.15) is 11.9 Å². The van der Waals surface area contributed by atoms with Crippen molar-refractivity contribution in [1.29, 1.82) is 0 Å². The topological polar surface area (TPSA) is 84.0 Å². The number of pyridine rings is 1. The standard InChI is InChI=1S/C25H32N4O4/c1-2-32-15-11-24(30)28-13-9-23(10-14-28)33-22-7-5-20(6-8-22)29(21-4-3-12-26-18-21)25(31)19-16-27-17-19/h3-8,12,18-19,23,27H,2,9-11,13-17H2,1H3. The third kappa shape index (κ3) is 5.89. The van der Waals surface area contributed by atoms with Gasteiger partial charge in [-0.25, -0.2) is 0 Å². The lowest BCUT2D eigenvalue weighted by Gasteiger charge is -2.33. The molecule has 3 heterocycles. The van der Waals surface area contributed by atoms with Gasteiger partial charge in [0.05, 0.1) is 30.8 Å². The number of amides is 2. The van der Waals surface area contributed by atoms with Crippen LogP contribution in [0.25, 0.3) is 0 Å². The SMILES string of the molecule is CCOCCC(=O)N1CCC(Oc2ccc(N(C(=O)C3CNC3)c3cccnc3)cc2)CC1. The molecule has 0 saturated carbocycles. The van der Waals surface area contributed by atoms with Crippen molar-refractivity contribution >= 4 is 23.2 Å². The molecule has 2 aliphatic rings. The van der Waals surface area contributed by atoms with Crippen molar-refractivity contribution in [3.63, 3.8) is 0 Å². The molecule has 2 saturated heterocycles. The summed E-state index contributed by atoms with van der Waals surface area (Å²) in [6, 6.07) is 11.4. The monoisotopic (exact) mass is 452 g/mol. The molecule has 33 heavy (non-hydrogen) atoms. The number of likely N-dealkylation sites (tertiary alicyclic amines) is 1. The number of hydrogen-bond acceptors (Lipinski definition) is 6. The Labute approximate surface area is 194 Å². The van der Waals surface area contributed by atoms with Gasteiger partial charge in [0.15, 0.2) is 0 Å². The summed E-state index contributed by atoms with van der Waals surface area (Å²) in [5, 5.41) is 3.16. The van der Waals surface area contributed by atoms with Crippen molar-refractivity contribution in [1.82, 2.24) is 15.2 Å². The molecule has 0 radical (unpaired) electrons. The Morgan fingerprint density at radius 3 is 2.48 bits per heavy atom. The maximum absolute atomic E-state index is 13.1. The van der Waals surface area contributed by atoms with Crippen LogP contribution in [-0.2, 0) is 14.3 Å². The zero-order chi connectivity index (χ0) is 23.0. The largest absolute Gasteiger partial charge is 0.490 e. The number of carbonyl (C=O) groups excluding carboxylic acids is 2. The van der Waals surface area contributed by atoms with Crippen LogP contribution in [0.2, 0.25) is 0 Å². The van der Waals surface area contributed by atoms with Crippen LogP contribution in [0.5, 0.6) is 5.75 Å². The molecule has 2 aromatic rings. The van der Waals surface area contributed by atoms with E-state index in [9.17, 15) is 9.59 Å². The molecule has 0 atom stereocenters. The summed E-state index contributed by atoms with van der Waals surface area (Å²) in [7, 11) is 0. The lowest BCUT2D eigenvalue weighted by molar-refractivity contribution is -0.134. The Bertz CT molecular complexity index is 910. The highest BCUT2D eigenvalue weighted by atomic mass is 16.5. The number of aromatic nitrogens is 1. The Morgan fingerprint density at radius 2 is 1.88 bits per heavy atom. The van der Waals surface area contributed by atoms with E-state index in [1.807, 2.05) is 48.2 Å². The summed E-state index contributed by atoms with van der Waals surface area (Å²) >= 11 is 0. The van der Waals surface area contributed by atoms with E-state index >= 15 is 0 Å². The maximum Gasteiger partial charge on any atom is 0.237 e. The second kappa shape index (κ2) is 11.2. The fourth-order valence-electron chi connectivity index (χ4n) is 4.09. The van der Waals surface area contributed by atoms with Crippen LogP contribution >= 0.6 is 0 Å². The van der Waals surface area contributed by atoms with Gasteiger partial charge in [-0.15, -0.1) is 0 Å². The third-order valence-electron chi connectivity index (χ3n) is 6.11. The van der Waals surface area contributed by atoms with E-state index in [0.29, 0.717) is 45.8 Å². The Hall–Kier alpha value is -2.97. The number of ether oxygens (including phenoxy) is 2. The van der Waals surface area contributed by atoms with Gasteiger partial charge in [-0.1, -0.05) is 0 Å². The molecule has 0 spiro atoms. The van der Waals surface area contributed by atoms with Gasteiger partial charge < -0.3 is 19.7 Å². The quantitative estimate of drug-likeness (QED) is 0.589. The predicted molar refractivity (Wildman–Crippen MR) is 126 cm³/mol. The highest BCUT2D eigenvalue weighted by Gasteiger charge is 2.31. The van der Waals surface area contributed by atoms with Gasteiger partial charge in [0, 0.05) is 57.5 Å². The van der Waals surface area contributed by atoms with Crippen molar-refractivity contribution in [2.75, 3.05) is 44.3 Å². The van der Waals surface area contributed by atoms with Crippen LogP contribution in [0.15, 0.2) is 48.8 Å². The third-order valence-corrected chi connectivity index (χ3v) is 6.11. The number of hydrogen-bond donors (Lipinski definition) is 1. The fourth-order valence-corrected chi connectivity index (χ4v) is 4.09. The van der Waals surface area contributed by atoms with E-state index in [-0.39, 0.29) is 23.8 Å². The summed E-state index contributed by atoms with van der Waals surface area (Å²) < 4.78 is 11.5. The molecule has 0 unspecified atom stereocenters. The Balaban J connectivity index is 1.35. The van der Waals surface area contributed by atoms with Gasteiger partial charge in [-0.2, -0.15) is 0 Å². The molecule has 2 amide bonds. The molecule has 176 valence electrons. The van der Waals surface area contributed by atoms with E-state index < -0.39 is 0 Å². The fraction of sp³-hybridized carbons (Fsp3) is 0.480. The van der Waals surface area contributed by atoms with Gasteiger partial charge in [0.2, 0.25) is 11.8 Å². The zero-order valence-corrected chi connectivity index (χ0v) is 19.1. The molecule has 1 N–H and O–H groups in total. The van der Waals surface area contributed by atoms with Gasteiger partial charge in [0.25, 0.3) is 0 Å². The summed E-state index contributed by atoms with van der Waals surface area (Å²) in [5.74, 6) is 0.955. The maximum atomic E-state index is 13.1. The second-order valence-electron chi connectivity index (χ2n) is 8.38. The highest BCUT2D eigenvalue weighted by molar-refractivity contribution is 6.02. The van der Waals surface area contributed by atoms with E-state index in [2.05, 4.69) is 10.3 Å². The predicted octanol–water partition coefficient (Wildman–Crippen LogP) is 2.76. The summed E-state index contributed by atoms with van der Waals surface area (Å²) in [6.45, 7) is 5.84. The van der Waals surface area contributed by atoms with Crippen LogP contribution < -0.4 is 15.0 Å². The first kappa shape index (κ1) is 23.2. The minimum atomic E-state index is -0.0254. The summed E-state index contributed by atoms with van der Waals surface area (Å²) in [6.07, 6.45) is 5.52. The molecule has 4 rings (SSSR count). The number of nitrogens with zero attached hydrogens (tertiary/aromatic N) is 3. The van der Waals surface area contributed by atoms with E-state index in [4.69, 9.17) is 9.47 Å². The molecule has 2 aliphatic heterocycles. The molecular weight excluding hydrogens is 420 g/mol. The van der Waals surface area contributed by atoms with Crippen LogP contribution in [0.1, 0.15) is 26.2 Å². The number of benzene rings is 1. The lowest BCUT2D eigenvalue weighted by Crippen LogP contribution is -2.51. The van der Waals surface area contributed by atoms with Crippen molar-refractivity contribution in [3.8, 4) is 5.75 Å². The average Bonchev–Trinajstić information content (AvgIpc) is 2.80. The summed E-state index contributed by atoms with van der Waals surface area (Å²) in [5.41, 5.74) is 1.55. The second-order valence-corrected chi connectivity index (χ2v) is 8.38. The normalized spacial score (nSPS) is 16.8. The number of carbonyl (C=O) groups is 2. The van der Waals surface area contributed by atoms with E-state index in [0.717, 1.165) is 30.0 Å². The minimum absolute atomic E-state index is 0.0254. The van der Waals surface area contributed by atoms with Crippen LogP contribution in [-0.4, -0.2) is 67.2 Å². The first-order valence-corrected chi connectivity index (χ1v) is 11.7. The van der Waals surface area contributed by atoms with Crippen molar-refractivity contribution in [3.05, 3.63) is 48.8 Å². The number of nitrogens with one attached hydrogen (secondary N) is 1. The van der Waals surface area contributed by atoms with Gasteiger partial charge in [-0.3, -0.25) is 19.5 Å².